The minimum Gasteiger partial charge on any atom is -1.00 e. The van der Waals surface area contributed by atoms with Crippen LogP contribution in [0.2, 0.25) is 0 Å². The molecule has 0 aliphatic heterocycles. The van der Waals surface area contributed by atoms with Gasteiger partial charge in [0.2, 0.25) is 6.29 Å². The molecule has 2 atom stereocenters. The van der Waals surface area contributed by atoms with Crippen LogP contribution in [-0.4, -0.2) is 31.1 Å². The summed E-state index contributed by atoms with van der Waals surface area (Å²) in [4.78, 5) is 0. The molecule has 0 fully saturated rings. The fourth-order valence-electron chi connectivity index (χ4n) is 4.26. The van der Waals surface area contributed by atoms with E-state index < -0.39 is 0 Å². The fourth-order valence-corrected chi connectivity index (χ4v) is 4.26. The van der Waals surface area contributed by atoms with Gasteiger partial charge in [0, 0.05) is 12.5 Å². The molecule has 2 rings (SSSR count). The van der Waals surface area contributed by atoms with E-state index in [-0.39, 0.29) is 30.3 Å². The second kappa shape index (κ2) is 10.8. The first-order valence-corrected chi connectivity index (χ1v) is 11.1. The predicted octanol–water partition coefficient (Wildman–Crippen LogP) is 3.77. The zero-order valence-electron chi connectivity index (χ0n) is 20.9. The number of hydrogen-bond acceptors (Lipinski definition) is 2. The van der Waals surface area contributed by atoms with E-state index >= 15 is 0 Å². The summed E-state index contributed by atoms with van der Waals surface area (Å²) in [5.74, 6) is 0.846. The molecule has 0 heterocycles. The molecule has 0 aliphatic rings. The zero-order chi connectivity index (χ0) is 22.6. The van der Waals surface area contributed by atoms with Crippen LogP contribution in [0.1, 0.15) is 66.0 Å². The SMILES string of the molecule is CC(Oc1ccc(C(C)(C)CC(C)(C)C)cc1)OC(C)[N+](C)(C)Cc1ccccc1.[Cl-]. The Morgan fingerprint density at radius 3 is 1.90 bits per heavy atom. The molecular weight excluding hydrogens is 406 g/mol. The average Bonchev–Trinajstić information content (AvgIpc) is 2.60. The molecule has 3 nitrogen and oxygen atoms in total. The van der Waals surface area contributed by atoms with Crippen molar-refractivity contribution in [1.82, 2.24) is 0 Å². The highest BCUT2D eigenvalue weighted by atomic mass is 35.5. The van der Waals surface area contributed by atoms with Gasteiger partial charge in [-0.3, -0.25) is 9.22 Å². The maximum Gasteiger partial charge on any atom is 0.202 e. The van der Waals surface area contributed by atoms with E-state index in [0.29, 0.717) is 5.41 Å². The molecule has 0 spiro atoms. The van der Waals surface area contributed by atoms with E-state index in [4.69, 9.17) is 9.47 Å². The maximum absolute atomic E-state index is 6.20. The summed E-state index contributed by atoms with van der Waals surface area (Å²) < 4.78 is 13.0. The van der Waals surface area contributed by atoms with Gasteiger partial charge in [-0.25, -0.2) is 0 Å². The van der Waals surface area contributed by atoms with Crippen molar-refractivity contribution in [2.75, 3.05) is 14.1 Å². The summed E-state index contributed by atoms with van der Waals surface area (Å²) in [5, 5.41) is 0. The van der Waals surface area contributed by atoms with Gasteiger partial charge in [-0.15, -0.1) is 0 Å². The summed E-state index contributed by atoms with van der Waals surface area (Å²) in [6.45, 7) is 16.5. The molecule has 31 heavy (non-hydrogen) atoms. The molecule has 0 saturated heterocycles. The normalized spacial score (nSPS) is 14.5. The van der Waals surface area contributed by atoms with Crippen LogP contribution in [0.3, 0.4) is 0 Å². The van der Waals surface area contributed by atoms with Gasteiger partial charge in [0.15, 0.2) is 6.23 Å². The Kier molecular flexibility index (Phi) is 9.62. The predicted molar refractivity (Wildman–Crippen MR) is 126 cm³/mol. The largest absolute Gasteiger partial charge is 1.00 e. The first kappa shape index (κ1) is 27.5. The second-order valence-electron chi connectivity index (χ2n) is 11.0. The summed E-state index contributed by atoms with van der Waals surface area (Å²) in [7, 11) is 4.38. The number of halogens is 1. The second-order valence-corrected chi connectivity index (χ2v) is 11.0. The minimum absolute atomic E-state index is 0. The Morgan fingerprint density at radius 2 is 1.39 bits per heavy atom. The molecular formula is C27H42ClNO2. The summed E-state index contributed by atoms with van der Waals surface area (Å²) in [5.41, 5.74) is 3.07. The van der Waals surface area contributed by atoms with E-state index in [9.17, 15) is 0 Å². The first-order chi connectivity index (χ1) is 13.8. The van der Waals surface area contributed by atoms with Crippen LogP contribution in [0.15, 0.2) is 54.6 Å². The molecule has 2 aromatic rings. The van der Waals surface area contributed by atoms with Crippen molar-refractivity contribution in [1.29, 1.82) is 0 Å². The van der Waals surface area contributed by atoms with Crippen molar-refractivity contribution in [3.63, 3.8) is 0 Å². The van der Waals surface area contributed by atoms with Gasteiger partial charge < -0.3 is 17.1 Å². The topological polar surface area (TPSA) is 18.5 Å². The molecule has 0 amide bonds. The Hall–Kier alpha value is -1.55. The van der Waals surface area contributed by atoms with E-state index in [0.717, 1.165) is 23.2 Å². The summed E-state index contributed by atoms with van der Waals surface area (Å²) in [6, 6.07) is 19.0. The van der Waals surface area contributed by atoms with Crippen molar-refractivity contribution in [3.05, 3.63) is 65.7 Å². The molecule has 0 saturated carbocycles. The van der Waals surface area contributed by atoms with Crippen molar-refractivity contribution in [3.8, 4) is 5.75 Å². The third-order valence-electron chi connectivity index (χ3n) is 5.72. The van der Waals surface area contributed by atoms with E-state index in [2.05, 4.69) is 110 Å². The number of rotatable bonds is 9. The molecule has 174 valence electrons. The van der Waals surface area contributed by atoms with Gasteiger partial charge in [0.05, 0.1) is 14.1 Å². The molecule has 4 heteroatoms. The smallest absolute Gasteiger partial charge is 0.202 e. The third kappa shape index (κ3) is 8.84. The highest BCUT2D eigenvalue weighted by Crippen LogP contribution is 2.36. The van der Waals surface area contributed by atoms with Crippen LogP contribution in [0, 0.1) is 5.41 Å². The average molecular weight is 448 g/mol. The lowest BCUT2D eigenvalue weighted by molar-refractivity contribution is -0.949. The number of benzene rings is 2. The minimum atomic E-state index is -0.318. The molecule has 0 bridgehead atoms. The summed E-state index contributed by atoms with van der Waals surface area (Å²) in [6.07, 6.45) is 0.817. The lowest BCUT2D eigenvalue weighted by atomic mass is 9.72. The van der Waals surface area contributed by atoms with Crippen LogP contribution >= 0.6 is 0 Å². The highest BCUT2D eigenvalue weighted by Gasteiger charge is 2.28. The van der Waals surface area contributed by atoms with Crippen molar-refractivity contribution in [2.45, 2.75) is 79.4 Å². The molecule has 0 N–H and O–H groups in total. The van der Waals surface area contributed by atoms with Gasteiger partial charge in [0.1, 0.15) is 12.3 Å². The number of hydrogen-bond donors (Lipinski definition) is 0. The molecule has 0 aromatic heterocycles. The first-order valence-electron chi connectivity index (χ1n) is 11.1. The fraction of sp³-hybridized carbons (Fsp3) is 0.556. The molecule has 0 radical (unpaired) electrons. The molecule has 2 aromatic carbocycles. The van der Waals surface area contributed by atoms with Crippen LogP contribution < -0.4 is 17.1 Å². The van der Waals surface area contributed by atoms with Gasteiger partial charge in [-0.1, -0.05) is 77.1 Å². The zero-order valence-corrected chi connectivity index (χ0v) is 21.7. The van der Waals surface area contributed by atoms with Crippen LogP contribution in [0.5, 0.6) is 5.75 Å². The van der Waals surface area contributed by atoms with Gasteiger partial charge in [0.25, 0.3) is 0 Å². The third-order valence-corrected chi connectivity index (χ3v) is 5.72. The Bertz CT molecular complexity index is 779. The van der Waals surface area contributed by atoms with Gasteiger partial charge in [-0.05, 0) is 41.9 Å². The Morgan fingerprint density at radius 1 is 0.839 bits per heavy atom. The van der Waals surface area contributed by atoms with Crippen LogP contribution in [0.25, 0.3) is 0 Å². The van der Waals surface area contributed by atoms with Crippen LogP contribution in [0.4, 0.5) is 0 Å². The standard InChI is InChI=1S/C27H42NO2.ClH/c1-21(28(8,9)19-23-13-11-10-12-14-23)29-22(2)30-25-17-15-24(16-18-25)27(6,7)20-26(3,4)5;/h10-18,21-22H,19-20H2,1-9H3;1H/q+1;/p-1. The monoisotopic (exact) mass is 447 g/mol. The van der Waals surface area contributed by atoms with E-state index in [1.54, 1.807) is 0 Å². The lowest BCUT2D eigenvalue weighted by Gasteiger charge is -2.37. The number of ether oxygens (including phenoxy) is 2. The van der Waals surface area contributed by atoms with Gasteiger partial charge in [-0.2, -0.15) is 0 Å². The number of nitrogens with zero attached hydrogens (tertiary/aromatic N) is 1. The number of quaternary nitrogens is 1. The highest BCUT2D eigenvalue weighted by molar-refractivity contribution is 5.31. The molecule has 0 aliphatic carbocycles. The molecule has 2 unspecified atom stereocenters. The van der Waals surface area contributed by atoms with Crippen molar-refractivity contribution in [2.24, 2.45) is 5.41 Å². The lowest BCUT2D eigenvalue weighted by Crippen LogP contribution is -3.00. The van der Waals surface area contributed by atoms with Crippen LogP contribution in [-0.2, 0) is 16.7 Å². The Labute approximate surface area is 196 Å². The summed E-state index contributed by atoms with van der Waals surface area (Å²) >= 11 is 0. The van der Waals surface area contributed by atoms with Crippen molar-refractivity contribution < 1.29 is 26.4 Å². The van der Waals surface area contributed by atoms with Gasteiger partial charge >= 0.3 is 0 Å². The van der Waals surface area contributed by atoms with Crippen molar-refractivity contribution >= 4 is 0 Å². The Balaban J connectivity index is 0.00000480. The van der Waals surface area contributed by atoms with E-state index in [1.807, 2.05) is 6.92 Å². The van der Waals surface area contributed by atoms with E-state index in [1.165, 1.54) is 11.1 Å². The maximum atomic E-state index is 6.20. The quantitative estimate of drug-likeness (QED) is 0.430.